The maximum Gasteiger partial charge on any atom is 0.269 e. The fraction of sp³-hybridized carbons (Fsp3) is 0.429. The van der Waals surface area contributed by atoms with Gasteiger partial charge in [-0.3, -0.25) is 15.0 Å². The smallest absolute Gasteiger partial charge is 0.269 e. The minimum atomic E-state index is -4.07. The molecule has 0 spiro atoms. The van der Waals surface area contributed by atoms with Crippen molar-refractivity contribution in [2.24, 2.45) is 11.0 Å². The van der Waals surface area contributed by atoms with Crippen LogP contribution in [0.5, 0.6) is 0 Å². The molecule has 0 aromatic heterocycles. The second-order valence-electron chi connectivity index (χ2n) is 5.20. The van der Waals surface area contributed by atoms with Crippen LogP contribution in [0.3, 0.4) is 0 Å². The second kappa shape index (κ2) is 10.5. The Bertz CT molecular complexity index is 761. The lowest BCUT2D eigenvalue weighted by molar-refractivity contribution is -0.384. The second-order valence-corrected chi connectivity index (χ2v) is 6.84. The number of aliphatic hydroxyl groups is 1. The lowest BCUT2D eigenvalue weighted by Gasteiger charge is -2.22. The van der Waals surface area contributed by atoms with Crippen LogP contribution in [0.25, 0.3) is 10.4 Å². The van der Waals surface area contributed by atoms with Crippen LogP contribution in [0.2, 0.25) is 0 Å². The third-order valence-corrected chi connectivity index (χ3v) is 4.69. The van der Waals surface area contributed by atoms with Crippen molar-refractivity contribution in [3.63, 3.8) is 0 Å². The topological polar surface area (TPSA) is 168 Å². The Kier molecular flexibility index (Phi) is 8.68. The van der Waals surface area contributed by atoms with Crippen molar-refractivity contribution < 1.29 is 23.3 Å². The number of non-ortho nitro benzene ring substituents is 1. The molecule has 0 radical (unpaired) electrons. The van der Waals surface area contributed by atoms with Gasteiger partial charge >= 0.3 is 0 Å². The highest BCUT2D eigenvalue weighted by Gasteiger charge is 2.23. The number of sulfonamides is 1. The molecule has 2 atom stereocenters. The van der Waals surface area contributed by atoms with Crippen LogP contribution < -0.4 is 4.89 Å². The van der Waals surface area contributed by atoms with Crippen molar-refractivity contribution in [3.05, 3.63) is 57.5 Å². The number of aliphatic hydroxyl groups excluding tert-OH is 1. The van der Waals surface area contributed by atoms with Gasteiger partial charge in [0.25, 0.3) is 15.7 Å². The first-order chi connectivity index (χ1) is 12.4. The molecule has 0 unspecified atom stereocenters. The maximum atomic E-state index is 12.2. The van der Waals surface area contributed by atoms with E-state index in [0.717, 1.165) is 24.3 Å². The summed E-state index contributed by atoms with van der Waals surface area (Å²) >= 11 is 0. The average molecular weight is 385 g/mol. The summed E-state index contributed by atoms with van der Waals surface area (Å²) in [6.45, 7) is 3.51. The molecule has 0 aliphatic carbocycles. The van der Waals surface area contributed by atoms with Crippen LogP contribution in [-0.4, -0.2) is 37.7 Å². The largest absolute Gasteiger partial charge is 0.396 e. The number of benzene rings is 1. The summed E-state index contributed by atoms with van der Waals surface area (Å²) in [5.41, 5.74) is 7.99. The molecule has 0 fully saturated rings. The monoisotopic (exact) mass is 385 g/mol. The number of nitrogens with zero attached hydrogens (tertiary/aromatic N) is 4. The molecular formula is C14H19N5O6S. The Labute approximate surface area is 150 Å². The van der Waals surface area contributed by atoms with E-state index in [1.54, 1.807) is 0 Å². The molecule has 0 bridgehead atoms. The molecule has 2 N–H and O–H groups in total. The summed E-state index contributed by atoms with van der Waals surface area (Å²) in [5.74, 6) is -0.457. The first-order valence-electron chi connectivity index (χ1n) is 7.52. The maximum absolute atomic E-state index is 12.2. The summed E-state index contributed by atoms with van der Waals surface area (Å²) in [6, 6.07) is 4.28. The Morgan fingerprint density at radius 1 is 1.46 bits per heavy atom. The van der Waals surface area contributed by atoms with E-state index in [9.17, 15) is 23.6 Å². The van der Waals surface area contributed by atoms with Gasteiger partial charge in [-0.2, -0.15) is 0 Å². The first kappa shape index (κ1) is 21.5. The van der Waals surface area contributed by atoms with Crippen LogP contribution in [0, 0.1) is 16.0 Å². The molecule has 0 amide bonds. The number of nitrogens with one attached hydrogen (secondary N) is 1. The summed E-state index contributed by atoms with van der Waals surface area (Å²) in [7, 11) is -4.07. The van der Waals surface area contributed by atoms with E-state index in [-0.39, 0.29) is 23.7 Å². The highest BCUT2D eigenvalue weighted by atomic mass is 32.2. The Morgan fingerprint density at radius 3 is 2.62 bits per heavy atom. The Balaban J connectivity index is 2.73. The zero-order valence-electron chi connectivity index (χ0n) is 13.8. The van der Waals surface area contributed by atoms with Crippen molar-refractivity contribution in [3.8, 4) is 0 Å². The lowest BCUT2D eigenvalue weighted by Crippen LogP contribution is -2.34. The minimum absolute atomic E-state index is 0.213. The van der Waals surface area contributed by atoms with Crippen molar-refractivity contribution in [2.75, 3.05) is 13.2 Å². The van der Waals surface area contributed by atoms with Gasteiger partial charge in [0.05, 0.1) is 9.82 Å². The summed E-state index contributed by atoms with van der Waals surface area (Å²) in [5, 5.41) is 23.4. The molecule has 11 nitrogen and oxygen atoms in total. The fourth-order valence-electron chi connectivity index (χ4n) is 2.08. The van der Waals surface area contributed by atoms with E-state index in [0.29, 0.717) is 12.8 Å². The number of nitro groups is 1. The number of nitro benzene ring substituents is 1. The lowest BCUT2D eigenvalue weighted by atomic mass is 9.98. The molecule has 0 aliphatic rings. The average Bonchev–Trinajstić information content (AvgIpc) is 2.63. The number of hydrogen-bond donors (Lipinski definition) is 2. The van der Waals surface area contributed by atoms with E-state index in [4.69, 9.17) is 10.4 Å². The van der Waals surface area contributed by atoms with Gasteiger partial charge in [0.1, 0.15) is 6.10 Å². The summed E-state index contributed by atoms with van der Waals surface area (Å²) in [6.07, 6.45) is 1.43. The van der Waals surface area contributed by atoms with Gasteiger partial charge < -0.3 is 5.11 Å². The van der Waals surface area contributed by atoms with Crippen LogP contribution in [-0.2, 0) is 14.9 Å². The van der Waals surface area contributed by atoms with Crippen LogP contribution in [0.4, 0.5) is 5.69 Å². The normalized spacial score (nSPS) is 13.4. The van der Waals surface area contributed by atoms with E-state index in [1.165, 1.54) is 6.08 Å². The van der Waals surface area contributed by atoms with E-state index < -0.39 is 27.0 Å². The van der Waals surface area contributed by atoms with E-state index in [1.807, 2.05) is 4.89 Å². The first-order valence-corrected chi connectivity index (χ1v) is 9.00. The molecule has 1 aromatic carbocycles. The molecule has 12 heteroatoms. The van der Waals surface area contributed by atoms with Crippen molar-refractivity contribution >= 4 is 15.7 Å². The van der Waals surface area contributed by atoms with Crippen molar-refractivity contribution in [1.82, 2.24) is 4.89 Å². The van der Waals surface area contributed by atoms with Crippen LogP contribution in [0.1, 0.15) is 12.8 Å². The molecule has 1 rings (SSSR count). The quantitative estimate of drug-likeness (QED) is 0.106. The minimum Gasteiger partial charge on any atom is -0.396 e. The highest BCUT2D eigenvalue weighted by molar-refractivity contribution is 7.89. The fourth-order valence-corrected chi connectivity index (χ4v) is 2.91. The van der Waals surface area contributed by atoms with Gasteiger partial charge in [-0.25, -0.2) is 8.42 Å². The third-order valence-electron chi connectivity index (χ3n) is 3.48. The molecule has 142 valence electrons. The van der Waals surface area contributed by atoms with Gasteiger partial charge in [0.2, 0.25) is 0 Å². The number of azide groups is 1. The molecule has 0 aliphatic heterocycles. The van der Waals surface area contributed by atoms with Gasteiger partial charge in [-0.1, -0.05) is 16.1 Å². The Hall–Kier alpha value is -2.50. The van der Waals surface area contributed by atoms with Gasteiger partial charge in [0.15, 0.2) is 0 Å². The zero-order chi connectivity index (χ0) is 19.6. The SMILES string of the molecule is C=C[C@H](ONS(=O)(=O)c1ccc([N+](=O)[O-])cc1)[C@H](CO)CCCN=[N+]=[N-]. The van der Waals surface area contributed by atoms with E-state index >= 15 is 0 Å². The summed E-state index contributed by atoms with van der Waals surface area (Å²) < 4.78 is 24.4. The number of hydrogen-bond acceptors (Lipinski definition) is 7. The van der Waals surface area contributed by atoms with Crippen molar-refractivity contribution in [1.29, 1.82) is 0 Å². The van der Waals surface area contributed by atoms with Gasteiger partial charge in [-0.05, 0) is 30.5 Å². The number of rotatable bonds is 12. The predicted molar refractivity (Wildman–Crippen MR) is 92.3 cm³/mol. The zero-order valence-corrected chi connectivity index (χ0v) is 14.6. The molecule has 1 aromatic rings. The van der Waals surface area contributed by atoms with Gasteiger partial charge in [-0.15, -0.1) is 6.58 Å². The van der Waals surface area contributed by atoms with E-state index in [2.05, 4.69) is 16.6 Å². The molecule has 0 heterocycles. The summed E-state index contributed by atoms with van der Waals surface area (Å²) in [4.78, 5) is 19.4. The van der Waals surface area contributed by atoms with Crippen LogP contribution in [0.15, 0.2) is 46.9 Å². The molecular weight excluding hydrogens is 366 g/mol. The Morgan fingerprint density at radius 2 is 2.12 bits per heavy atom. The third kappa shape index (κ3) is 6.43. The van der Waals surface area contributed by atoms with Gasteiger partial charge in [0, 0.05) is 36.1 Å². The molecule has 0 saturated heterocycles. The van der Waals surface area contributed by atoms with Crippen molar-refractivity contribution in [2.45, 2.75) is 23.8 Å². The molecule has 26 heavy (non-hydrogen) atoms. The molecule has 0 saturated carbocycles. The standard InChI is InChI=1S/C14H19N5O6S/c1-2-14(11(10-20)4-3-9-16-17-15)25-18-26(23,24)13-7-5-12(6-8-13)19(21)22/h2,5-8,11,14,18,20H,1,3-4,9-10H2/t11-,14-/m0/s1. The van der Waals surface area contributed by atoms with Crippen LogP contribution >= 0.6 is 0 Å². The highest BCUT2D eigenvalue weighted by Crippen LogP contribution is 2.18. The predicted octanol–water partition coefficient (Wildman–Crippen LogP) is 2.06.